The van der Waals surface area contributed by atoms with E-state index in [9.17, 15) is 4.79 Å². The Labute approximate surface area is 187 Å². The van der Waals surface area contributed by atoms with Gasteiger partial charge in [0.1, 0.15) is 0 Å². The van der Waals surface area contributed by atoms with Crippen molar-refractivity contribution in [3.63, 3.8) is 0 Å². The Morgan fingerprint density at radius 1 is 1.28 bits per heavy atom. The number of carbonyl (C=O) groups excluding carboxylic acids is 1. The molecule has 2 aliphatic rings. The van der Waals surface area contributed by atoms with E-state index in [1.165, 1.54) is 5.56 Å². The highest BCUT2D eigenvalue weighted by atomic mass is 16.5. The van der Waals surface area contributed by atoms with Crippen LogP contribution in [0.4, 0.5) is 0 Å². The van der Waals surface area contributed by atoms with Crippen LogP contribution in [0, 0.1) is 12.8 Å². The summed E-state index contributed by atoms with van der Waals surface area (Å²) >= 11 is 0. The lowest BCUT2D eigenvalue weighted by Crippen LogP contribution is -2.38. The topological polar surface area (TPSA) is 93.4 Å². The number of aryl methyl sites for hydroxylation is 1. The number of hydrogen-bond donors (Lipinski definition) is 1. The molecule has 1 saturated heterocycles. The second-order valence-corrected chi connectivity index (χ2v) is 8.85. The molecule has 0 bridgehead atoms. The molecule has 2 aromatic heterocycles. The first-order chi connectivity index (χ1) is 15.6. The van der Waals surface area contributed by atoms with E-state index in [-0.39, 0.29) is 17.4 Å². The SMILES string of the molecule is COc1ccc(C(=O)NC2CC3CN(Cc4ccccc4)CC3(c3nc(C)no3)C2)cn1. The van der Waals surface area contributed by atoms with E-state index in [0.29, 0.717) is 29.1 Å². The summed E-state index contributed by atoms with van der Waals surface area (Å²) < 4.78 is 10.8. The number of pyridine rings is 1. The van der Waals surface area contributed by atoms with E-state index in [1.807, 2.05) is 13.0 Å². The second kappa shape index (κ2) is 8.35. The normalized spacial score (nSPS) is 24.9. The average molecular weight is 434 g/mol. The standard InChI is InChI=1S/C24H27N5O3/c1-16-26-23(32-28-16)24-11-20(27-22(30)18-8-9-21(31-2)25-12-18)10-19(24)14-29(15-24)13-17-6-4-3-5-7-17/h3-9,12,19-20H,10-11,13-15H2,1-2H3,(H,27,30). The minimum absolute atomic E-state index is 0.0423. The second-order valence-electron chi connectivity index (χ2n) is 8.85. The van der Waals surface area contributed by atoms with Crippen molar-refractivity contribution in [3.8, 4) is 5.88 Å². The molecule has 32 heavy (non-hydrogen) atoms. The molecule has 5 rings (SSSR count). The van der Waals surface area contributed by atoms with Crippen LogP contribution in [-0.2, 0) is 12.0 Å². The number of likely N-dealkylation sites (tertiary alicyclic amines) is 1. The Kier molecular flexibility index (Phi) is 5.38. The monoisotopic (exact) mass is 433 g/mol. The molecule has 0 spiro atoms. The lowest BCUT2D eigenvalue weighted by Gasteiger charge is -2.25. The fourth-order valence-electron chi connectivity index (χ4n) is 5.28. The number of methoxy groups -OCH3 is 1. The molecule has 1 aliphatic carbocycles. The minimum atomic E-state index is -0.244. The Morgan fingerprint density at radius 2 is 2.12 bits per heavy atom. The minimum Gasteiger partial charge on any atom is -0.481 e. The number of ether oxygens (including phenoxy) is 1. The first kappa shape index (κ1) is 20.6. The van der Waals surface area contributed by atoms with Crippen molar-refractivity contribution in [1.29, 1.82) is 0 Å². The van der Waals surface area contributed by atoms with Crippen LogP contribution in [0.3, 0.4) is 0 Å². The van der Waals surface area contributed by atoms with Gasteiger partial charge in [0.2, 0.25) is 11.8 Å². The number of hydrogen-bond acceptors (Lipinski definition) is 7. The quantitative estimate of drug-likeness (QED) is 0.639. The molecule has 1 aromatic carbocycles. The van der Waals surface area contributed by atoms with Gasteiger partial charge in [0.15, 0.2) is 5.82 Å². The number of amides is 1. The number of carbonyl (C=O) groups is 1. The van der Waals surface area contributed by atoms with Crippen molar-refractivity contribution >= 4 is 5.91 Å². The molecule has 3 atom stereocenters. The summed E-state index contributed by atoms with van der Waals surface area (Å²) in [5.41, 5.74) is 1.57. The van der Waals surface area contributed by atoms with E-state index < -0.39 is 0 Å². The van der Waals surface area contributed by atoms with Gasteiger partial charge >= 0.3 is 0 Å². The Morgan fingerprint density at radius 3 is 2.81 bits per heavy atom. The maximum atomic E-state index is 12.8. The van der Waals surface area contributed by atoms with Gasteiger partial charge in [0, 0.05) is 37.9 Å². The molecule has 1 saturated carbocycles. The summed E-state index contributed by atoms with van der Waals surface area (Å²) in [6, 6.07) is 14.0. The maximum absolute atomic E-state index is 12.8. The van der Waals surface area contributed by atoms with Gasteiger partial charge in [-0.15, -0.1) is 0 Å². The van der Waals surface area contributed by atoms with Gasteiger partial charge in [0.05, 0.1) is 18.1 Å². The molecule has 8 heteroatoms. The number of nitrogens with one attached hydrogen (secondary N) is 1. The number of aromatic nitrogens is 3. The molecule has 0 radical (unpaired) electrons. The first-order valence-corrected chi connectivity index (χ1v) is 10.9. The summed E-state index contributed by atoms with van der Waals surface area (Å²) in [4.78, 5) is 24.0. The average Bonchev–Trinajstić information content (AvgIpc) is 3.47. The van der Waals surface area contributed by atoms with Crippen LogP contribution in [0.1, 0.15) is 40.5 Å². The van der Waals surface area contributed by atoms with Crippen LogP contribution >= 0.6 is 0 Å². The maximum Gasteiger partial charge on any atom is 0.253 e. The van der Waals surface area contributed by atoms with Gasteiger partial charge in [-0.1, -0.05) is 35.5 Å². The number of benzene rings is 1. The van der Waals surface area contributed by atoms with Gasteiger partial charge < -0.3 is 14.6 Å². The van der Waals surface area contributed by atoms with Crippen molar-refractivity contribution in [2.24, 2.45) is 5.92 Å². The molecule has 3 heterocycles. The highest BCUT2D eigenvalue weighted by Gasteiger charge is 2.57. The molecule has 1 amide bonds. The zero-order valence-corrected chi connectivity index (χ0v) is 18.3. The molecule has 3 aromatic rings. The number of fused-ring (bicyclic) bond motifs is 1. The molecule has 2 fully saturated rings. The zero-order chi connectivity index (χ0) is 22.1. The van der Waals surface area contributed by atoms with Crippen molar-refractivity contribution in [3.05, 3.63) is 71.5 Å². The van der Waals surface area contributed by atoms with E-state index in [0.717, 1.165) is 32.5 Å². The molecule has 1 aliphatic heterocycles. The zero-order valence-electron chi connectivity index (χ0n) is 18.3. The van der Waals surface area contributed by atoms with Gasteiger partial charge in [0.25, 0.3) is 5.91 Å². The summed E-state index contributed by atoms with van der Waals surface area (Å²) in [7, 11) is 1.55. The number of nitrogens with zero attached hydrogens (tertiary/aromatic N) is 4. The third-order valence-electron chi connectivity index (χ3n) is 6.69. The third kappa shape index (κ3) is 3.86. The predicted octanol–water partition coefficient (Wildman–Crippen LogP) is 2.74. The third-order valence-corrected chi connectivity index (χ3v) is 6.69. The van der Waals surface area contributed by atoms with Crippen molar-refractivity contribution in [1.82, 2.24) is 25.3 Å². The summed E-state index contributed by atoms with van der Waals surface area (Å²) in [5, 5.41) is 7.26. The van der Waals surface area contributed by atoms with Crippen LogP contribution in [0.2, 0.25) is 0 Å². The van der Waals surface area contributed by atoms with Gasteiger partial charge in [-0.3, -0.25) is 9.69 Å². The summed E-state index contributed by atoms with van der Waals surface area (Å²) in [5.74, 6) is 2.04. The van der Waals surface area contributed by atoms with Crippen LogP contribution in [0.5, 0.6) is 5.88 Å². The Hall–Kier alpha value is -3.26. The van der Waals surface area contributed by atoms with Gasteiger partial charge in [-0.2, -0.15) is 4.98 Å². The lowest BCUT2D eigenvalue weighted by molar-refractivity contribution is 0.0933. The summed E-state index contributed by atoms with van der Waals surface area (Å²) in [6.45, 7) is 4.51. The number of rotatable bonds is 6. The largest absolute Gasteiger partial charge is 0.481 e. The molecular weight excluding hydrogens is 406 g/mol. The van der Waals surface area contributed by atoms with E-state index >= 15 is 0 Å². The Balaban J connectivity index is 1.33. The fraction of sp³-hybridized carbons (Fsp3) is 0.417. The summed E-state index contributed by atoms with van der Waals surface area (Å²) in [6.07, 6.45) is 3.20. The Bertz CT molecular complexity index is 1080. The van der Waals surface area contributed by atoms with Crippen molar-refractivity contribution in [2.75, 3.05) is 20.2 Å². The predicted molar refractivity (Wildman–Crippen MR) is 117 cm³/mol. The molecule has 3 unspecified atom stereocenters. The van der Waals surface area contributed by atoms with Gasteiger partial charge in [-0.25, -0.2) is 4.98 Å². The van der Waals surface area contributed by atoms with E-state index in [2.05, 4.69) is 49.6 Å². The van der Waals surface area contributed by atoms with Crippen molar-refractivity contribution in [2.45, 2.75) is 37.8 Å². The molecule has 1 N–H and O–H groups in total. The van der Waals surface area contributed by atoms with E-state index in [4.69, 9.17) is 9.26 Å². The van der Waals surface area contributed by atoms with Crippen LogP contribution < -0.4 is 10.1 Å². The lowest BCUT2D eigenvalue weighted by atomic mass is 9.80. The van der Waals surface area contributed by atoms with Crippen LogP contribution in [0.25, 0.3) is 0 Å². The van der Waals surface area contributed by atoms with E-state index in [1.54, 1.807) is 25.4 Å². The first-order valence-electron chi connectivity index (χ1n) is 10.9. The van der Waals surface area contributed by atoms with Crippen LogP contribution in [-0.4, -0.2) is 52.2 Å². The highest BCUT2D eigenvalue weighted by molar-refractivity contribution is 5.94. The van der Waals surface area contributed by atoms with Crippen molar-refractivity contribution < 1.29 is 14.1 Å². The van der Waals surface area contributed by atoms with Crippen LogP contribution in [0.15, 0.2) is 53.2 Å². The smallest absolute Gasteiger partial charge is 0.253 e. The highest BCUT2D eigenvalue weighted by Crippen LogP contribution is 2.50. The molecule has 8 nitrogen and oxygen atoms in total. The van der Waals surface area contributed by atoms with Gasteiger partial charge in [-0.05, 0) is 37.3 Å². The molecular formula is C24H27N5O3. The fourth-order valence-corrected chi connectivity index (χ4v) is 5.28. The molecule has 166 valence electrons.